The van der Waals surface area contributed by atoms with Gasteiger partial charge in [-0.2, -0.15) is 0 Å². The highest BCUT2D eigenvalue weighted by molar-refractivity contribution is 9.10. The highest BCUT2D eigenvalue weighted by Crippen LogP contribution is 2.31. The van der Waals surface area contributed by atoms with Gasteiger partial charge in [-0.3, -0.25) is 4.90 Å². The van der Waals surface area contributed by atoms with Gasteiger partial charge in [0, 0.05) is 24.7 Å². The number of piperidine rings is 1. The Labute approximate surface area is 157 Å². The van der Waals surface area contributed by atoms with Gasteiger partial charge in [-0.05, 0) is 68.2 Å². The van der Waals surface area contributed by atoms with Crippen molar-refractivity contribution in [2.45, 2.75) is 51.8 Å². The molecular weight excluding hydrogens is 391 g/mol. The zero-order valence-electron chi connectivity index (χ0n) is 15.2. The molecule has 1 atom stereocenters. The molecule has 0 bridgehead atoms. The first-order valence-electron chi connectivity index (χ1n) is 8.42. The lowest BCUT2D eigenvalue weighted by atomic mass is 10.0. The van der Waals surface area contributed by atoms with Crippen LogP contribution >= 0.6 is 15.9 Å². The highest BCUT2D eigenvalue weighted by Gasteiger charge is 2.25. The minimum absolute atomic E-state index is 0.0157. The molecule has 1 unspecified atom stereocenters. The fourth-order valence-corrected chi connectivity index (χ4v) is 3.38. The largest absolute Gasteiger partial charge is 0.496 e. The molecule has 1 aromatic carbocycles. The summed E-state index contributed by atoms with van der Waals surface area (Å²) in [7, 11) is 1.58. The molecule has 0 spiro atoms. The van der Waals surface area contributed by atoms with Crippen LogP contribution < -0.4 is 10.1 Å². The third kappa shape index (κ3) is 5.85. The maximum atomic E-state index is 13.9. The Bertz CT molecular complexity index is 619. The van der Waals surface area contributed by atoms with E-state index in [2.05, 4.69) is 26.1 Å². The third-order valence-electron chi connectivity index (χ3n) is 3.98. The zero-order chi connectivity index (χ0) is 18.6. The summed E-state index contributed by atoms with van der Waals surface area (Å²) in [5.41, 5.74) is 0.263. The molecule has 0 aromatic heterocycles. The summed E-state index contributed by atoms with van der Waals surface area (Å²) in [6.45, 7) is 7.65. The smallest absolute Gasteiger partial charge is 0.407 e. The minimum Gasteiger partial charge on any atom is -0.496 e. The molecule has 5 nitrogen and oxygen atoms in total. The van der Waals surface area contributed by atoms with Gasteiger partial charge in [0.25, 0.3) is 0 Å². The van der Waals surface area contributed by atoms with Crippen LogP contribution in [-0.4, -0.2) is 42.8 Å². The molecule has 7 heteroatoms. The standard InChI is InChI=1S/C18H26BrFN2O3/c1-18(2,3)25-17(23)21-12-6-5-9-22(10-12)11-13-15(24-4)8-7-14(20)16(13)19/h7-8,12H,5-6,9-11H2,1-4H3,(H,21,23). The number of halogens is 2. The Morgan fingerprint density at radius 3 is 2.80 bits per heavy atom. The number of carbonyl (C=O) groups is 1. The molecule has 0 radical (unpaired) electrons. The number of methoxy groups -OCH3 is 1. The van der Waals surface area contributed by atoms with Gasteiger partial charge in [0.05, 0.1) is 11.6 Å². The minimum atomic E-state index is -0.516. The molecule has 0 saturated carbocycles. The second kappa shape index (κ2) is 8.36. The monoisotopic (exact) mass is 416 g/mol. The number of rotatable bonds is 4. The number of hydrogen-bond donors (Lipinski definition) is 1. The van der Waals surface area contributed by atoms with Crippen LogP contribution in [0.2, 0.25) is 0 Å². The molecular formula is C18H26BrFN2O3. The predicted octanol–water partition coefficient (Wildman–Crippen LogP) is 4.09. The average Bonchev–Trinajstić information content (AvgIpc) is 2.50. The van der Waals surface area contributed by atoms with E-state index in [0.29, 0.717) is 23.3 Å². The number of ether oxygens (including phenoxy) is 2. The van der Waals surface area contributed by atoms with E-state index in [1.54, 1.807) is 13.2 Å². The van der Waals surface area contributed by atoms with E-state index in [-0.39, 0.29) is 11.9 Å². The van der Waals surface area contributed by atoms with Gasteiger partial charge in [-0.15, -0.1) is 0 Å². The summed E-state index contributed by atoms with van der Waals surface area (Å²) in [6, 6.07) is 3.03. The van der Waals surface area contributed by atoms with E-state index in [1.165, 1.54) is 6.07 Å². The van der Waals surface area contributed by atoms with E-state index >= 15 is 0 Å². The first-order chi connectivity index (χ1) is 11.7. The van der Waals surface area contributed by atoms with Gasteiger partial charge in [0.1, 0.15) is 17.2 Å². The van der Waals surface area contributed by atoms with Gasteiger partial charge in [0.2, 0.25) is 0 Å². The zero-order valence-corrected chi connectivity index (χ0v) is 16.8. The van der Waals surface area contributed by atoms with Crippen molar-refractivity contribution >= 4 is 22.0 Å². The molecule has 1 aliphatic rings. The van der Waals surface area contributed by atoms with Crippen LogP contribution in [0.5, 0.6) is 5.75 Å². The topological polar surface area (TPSA) is 50.8 Å². The first-order valence-corrected chi connectivity index (χ1v) is 9.21. The molecule has 1 aromatic rings. The number of hydrogen-bond acceptors (Lipinski definition) is 4. The van der Waals surface area contributed by atoms with Crippen molar-refractivity contribution in [1.82, 2.24) is 10.2 Å². The Morgan fingerprint density at radius 2 is 2.16 bits per heavy atom. The maximum Gasteiger partial charge on any atom is 0.407 e. The lowest BCUT2D eigenvalue weighted by Gasteiger charge is -2.34. The Kier molecular flexibility index (Phi) is 6.68. The molecule has 1 saturated heterocycles. The predicted molar refractivity (Wildman–Crippen MR) is 98.3 cm³/mol. The van der Waals surface area contributed by atoms with Gasteiger partial charge in [-0.25, -0.2) is 9.18 Å². The van der Waals surface area contributed by atoms with Crippen LogP contribution in [0.4, 0.5) is 9.18 Å². The van der Waals surface area contributed by atoms with Crippen LogP contribution in [-0.2, 0) is 11.3 Å². The van der Waals surface area contributed by atoms with Crippen molar-refractivity contribution in [2.75, 3.05) is 20.2 Å². The van der Waals surface area contributed by atoms with Crippen molar-refractivity contribution in [2.24, 2.45) is 0 Å². The summed E-state index contributed by atoms with van der Waals surface area (Å²) < 4.78 is 25.0. The molecule has 140 valence electrons. The van der Waals surface area contributed by atoms with E-state index < -0.39 is 11.7 Å². The van der Waals surface area contributed by atoms with Crippen LogP contribution in [0.3, 0.4) is 0 Å². The molecule has 1 N–H and O–H groups in total. The van der Waals surface area contributed by atoms with Gasteiger partial charge in [0.15, 0.2) is 0 Å². The van der Waals surface area contributed by atoms with Crippen molar-refractivity contribution in [3.63, 3.8) is 0 Å². The average molecular weight is 417 g/mol. The summed E-state index contributed by atoms with van der Waals surface area (Å²) in [6.07, 6.45) is 1.45. The quantitative estimate of drug-likeness (QED) is 0.802. The summed E-state index contributed by atoms with van der Waals surface area (Å²) >= 11 is 3.32. The van der Waals surface area contributed by atoms with Gasteiger partial charge in [-0.1, -0.05) is 0 Å². The number of benzene rings is 1. The second-order valence-electron chi connectivity index (χ2n) is 7.26. The molecule has 0 aliphatic carbocycles. The van der Waals surface area contributed by atoms with E-state index in [0.717, 1.165) is 24.9 Å². The fraction of sp³-hybridized carbons (Fsp3) is 0.611. The number of nitrogens with one attached hydrogen (secondary N) is 1. The van der Waals surface area contributed by atoms with E-state index in [1.807, 2.05) is 20.8 Å². The number of likely N-dealkylation sites (tertiary alicyclic amines) is 1. The molecule has 1 aliphatic heterocycles. The summed E-state index contributed by atoms with van der Waals surface area (Å²) in [4.78, 5) is 14.2. The SMILES string of the molecule is COc1ccc(F)c(Br)c1CN1CCCC(NC(=O)OC(C)(C)C)C1. The number of alkyl carbamates (subject to hydrolysis) is 1. The van der Waals surface area contributed by atoms with E-state index in [9.17, 15) is 9.18 Å². The van der Waals surface area contributed by atoms with Crippen molar-refractivity contribution in [3.05, 3.63) is 28.0 Å². The van der Waals surface area contributed by atoms with Crippen molar-refractivity contribution in [1.29, 1.82) is 0 Å². The maximum absolute atomic E-state index is 13.9. The van der Waals surface area contributed by atoms with Crippen LogP contribution in [0, 0.1) is 5.82 Å². The number of nitrogens with zero attached hydrogens (tertiary/aromatic N) is 1. The number of amides is 1. The van der Waals surface area contributed by atoms with E-state index in [4.69, 9.17) is 9.47 Å². The van der Waals surface area contributed by atoms with Gasteiger partial charge >= 0.3 is 6.09 Å². The third-order valence-corrected chi connectivity index (χ3v) is 4.84. The Morgan fingerprint density at radius 1 is 1.44 bits per heavy atom. The lowest BCUT2D eigenvalue weighted by molar-refractivity contribution is 0.0470. The molecule has 25 heavy (non-hydrogen) atoms. The number of carbonyl (C=O) groups excluding carboxylic acids is 1. The highest BCUT2D eigenvalue weighted by atomic mass is 79.9. The Hall–Kier alpha value is -1.34. The first kappa shape index (κ1) is 20.0. The summed E-state index contributed by atoms with van der Waals surface area (Å²) in [5, 5.41) is 2.93. The lowest BCUT2D eigenvalue weighted by Crippen LogP contribution is -2.48. The van der Waals surface area contributed by atoms with Crippen LogP contribution in [0.25, 0.3) is 0 Å². The molecule has 1 heterocycles. The molecule has 1 fully saturated rings. The normalized spacial score (nSPS) is 18.7. The Balaban J connectivity index is 2.00. The van der Waals surface area contributed by atoms with Crippen molar-refractivity contribution in [3.8, 4) is 5.75 Å². The molecule has 1 amide bonds. The van der Waals surface area contributed by atoms with Gasteiger partial charge < -0.3 is 14.8 Å². The fourth-order valence-electron chi connectivity index (χ4n) is 2.93. The molecule has 2 rings (SSSR count). The van der Waals surface area contributed by atoms with Crippen molar-refractivity contribution < 1.29 is 18.7 Å². The van der Waals surface area contributed by atoms with Crippen LogP contribution in [0.15, 0.2) is 16.6 Å². The van der Waals surface area contributed by atoms with Crippen LogP contribution in [0.1, 0.15) is 39.2 Å². The summed E-state index contributed by atoms with van der Waals surface area (Å²) in [5.74, 6) is 0.340. The second-order valence-corrected chi connectivity index (χ2v) is 8.06.